The summed E-state index contributed by atoms with van der Waals surface area (Å²) < 4.78 is 59.5. The number of sulfonamides is 1. The van der Waals surface area contributed by atoms with Crippen molar-refractivity contribution in [2.45, 2.75) is 11.3 Å². The second-order valence-electron chi connectivity index (χ2n) is 3.92. The van der Waals surface area contributed by atoms with Crippen molar-refractivity contribution in [3.8, 4) is 11.5 Å². The van der Waals surface area contributed by atoms with E-state index in [2.05, 4.69) is 0 Å². The quantitative estimate of drug-likeness (QED) is 0.798. The fourth-order valence-corrected chi connectivity index (χ4v) is 2.87. The van der Waals surface area contributed by atoms with Crippen LogP contribution in [0.2, 0.25) is 0 Å². The Morgan fingerprint density at radius 2 is 1.80 bits per heavy atom. The van der Waals surface area contributed by atoms with E-state index in [9.17, 15) is 17.2 Å². The lowest BCUT2D eigenvalue weighted by Crippen LogP contribution is -2.31. The SMILES string of the molecule is COc1cc(OC)c(S(=O)(=O)N(C)CC(F)F)cc1N. The van der Waals surface area contributed by atoms with E-state index in [0.29, 0.717) is 4.31 Å². The molecular formula is C11H16F2N2O4S. The zero-order chi connectivity index (χ0) is 15.5. The molecule has 0 aliphatic carbocycles. The van der Waals surface area contributed by atoms with Crippen LogP contribution in [0.15, 0.2) is 17.0 Å². The van der Waals surface area contributed by atoms with Crippen LogP contribution in [0, 0.1) is 0 Å². The molecule has 1 rings (SSSR count). The van der Waals surface area contributed by atoms with Crippen LogP contribution < -0.4 is 15.2 Å². The topological polar surface area (TPSA) is 81.9 Å². The maximum atomic E-state index is 12.3. The molecule has 0 radical (unpaired) electrons. The lowest BCUT2D eigenvalue weighted by molar-refractivity contribution is 0.126. The molecule has 0 aromatic heterocycles. The number of ether oxygens (including phenoxy) is 2. The number of hydrogen-bond donors (Lipinski definition) is 1. The highest BCUT2D eigenvalue weighted by Crippen LogP contribution is 2.35. The van der Waals surface area contributed by atoms with Crippen molar-refractivity contribution in [3.05, 3.63) is 12.1 Å². The predicted octanol–water partition coefficient (Wildman–Crippen LogP) is 1.17. The third-order valence-corrected chi connectivity index (χ3v) is 4.44. The van der Waals surface area contributed by atoms with Crippen LogP contribution in [0.3, 0.4) is 0 Å². The largest absolute Gasteiger partial charge is 0.495 e. The number of hydrogen-bond acceptors (Lipinski definition) is 5. The molecule has 0 aliphatic heterocycles. The van der Waals surface area contributed by atoms with Crippen molar-refractivity contribution in [1.29, 1.82) is 0 Å². The summed E-state index contributed by atoms with van der Waals surface area (Å²) in [6, 6.07) is 2.41. The zero-order valence-electron chi connectivity index (χ0n) is 11.3. The van der Waals surface area contributed by atoms with Crippen molar-refractivity contribution in [1.82, 2.24) is 4.31 Å². The van der Waals surface area contributed by atoms with Gasteiger partial charge in [-0.15, -0.1) is 0 Å². The molecule has 9 heteroatoms. The Hall–Kier alpha value is -1.61. The predicted molar refractivity (Wildman–Crippen MR) is 69.8 cm³/mol. The summed E-state index contributed by atoms with van der Waals surface area (Å²) in [5.74, 6) is 0.203. The zero-order valence-corrected chi connectivity index (χ0v) is 12.1. The fraction of sp³-hybridized carbons (Fsp3) is 0.455. The van der Waals surface area contributed by atoms with Gasteiger partial charge in [0.15, 0.2) is 0 Å². The van der Waals surface area contributed by atoms with E-state index in [1.165, 1.54) is 20.3 Å². The van der Waals surface area contributed by atoms with Gasteiger partial charge in [-0.3, -0.25) is 0 Å². The molecule has 20 heavy (non-hydrogen) atoms. The Kier molecular flexibility index (Phi) is 5.12. The van der Waals surface area contributed by atoms with Crippen molar-refractivity contribution in [2.24, 2.45) is 0 Å². The summed E-state index contributed by atoms with van der Waals surface area (Å²) in [5.41, 5.74) is 5.71. The first kappa shape index (κ1) is 16.4. The molecule has 0 aliphatic rings. The van der Waals surface area contributed by atoms with Gasteiger partial charge in [0.25, 0.3) is 6.43 Å². The molecule has 114 valence electrons. The molecule has 0 unspecified atom stereocenters. The second-order valence-corrected chi connectivity index (χ2v) is 5.93. The van der Waals surface area contributed by atoms with E-state index in [1.807, 2.05) is 0 Å². The molecule has 0 atom stereocenters. The molecule has 1 aromatic rings. The number of methoxy groups -OCH3 is 2. The van der Waals surface area contributed by atoms with Crippen molar-refractivity contribution < 1.29 is 26.7 Å². The van der Waals surface area contributed by atoms with E-state index < -0.39 is 23.0 Å². The number of halogens is 2. The van der Waals surface area contributed by atoms with Crippen LogP contribution in [0.4, 0.5) is 14.5 Å². The lowest BCUT2D eigenvalue weighted by atomic mass is 10.3. The fourth-order valence-electron chi connectivity index (χ4n) is 1.56. The van der Waals surface area contributed by atoms with Crippen molar-refractivity contribution in [2.75, 3.05) is 33.5 Å². The number of nitrogens with zero attached hydrogens (tertiary/aromatic N) is 1. The van der Waals surface area contributed by atoms with Gasteiger partial charge in [0.05, 0.1) is 26.5 Å². The molecule has 0 fully saturated rings. The lowest BCUT2D eigenvalue weighted by Gasteiger charge is -2.19. The Morgan fingerprint density at radius 1 is 1.25 bits per heavy atom. The van der Waals surface area contributed by atoms with Gasteiger partial charge < -0.3 is 15.2 Å². The molecule has 1 aromatic carbocycles. The van der Waals surface area contributed by atoms with E-state index >= 15 is 0 Å². The molecule has 0 bridgehead atoms. The van der Waals surface area contributed by atoms with Crippen LogP contribution >= 0.6 is 0 Å². The minimum absolute atomic E-state index is 0.0304. The third-order valence-electron chi connectivity index (χ3n) is 2.60. The minimum Gasteiger partial charge on any atom is -0.495 e. The average Bonchev–Trinajstić information content (AvgIpc) is 2.37. The minimum atomic E-state index is -4.13. The molecule has 0 amide bonds. The number of benzene rings is 1. The van der Waals surface area contributed by atoms with Gasteiger partial charge in [-0.25, -0.2) is 17.2 Å². The van der Waals surface area contributed by atoms with Gasteiger partial charge in [-0.05, 0) is 6.07 Å². The number of nitrogen functional groups attached to an aromatic ring is 1. The molecule has 0 saturated heterocycles. The smallest absolute Gasteiger partial charge is 0.252 e. The van der Waals surface area contributed by atoms with Crippen LogP contribution in [-0.4, -0.2) is 47.0 Å². The Bertz CT molecular complexity index is 578. The highest BCUT2D eigenvalue weighted by Gasteiger charge is 2.28. The molecule has 0 spiro atoms. The summed E-state index contributed by atoms with van der Waals surface area (Å²) in [6.07, 6.45) is -2.78. The van der Waals surface area contributed by atoms with Crippen molar-refractivity contribution in [3.63, 3.8) is 0 Å². The summed E-state index contributed by atoms with van der Waals surface area (Å²) in [7, 11) is -0.450. The first-order chi connectivity index (χ1) is 9.23. The average molecular weight is 310 g/mol. The Morgan fingerprint density at radius 3 is 2.25 bits per heavy atom. The number of anilines is 1. The molecule has 2 N–H and O–H groups in total. The molecule has 6 nitrogen and oxygen atoms in total. The standard InChI is InChI=1S/C11H16F2N2O4S/c1-15(6-11(12)13)20(16,17)10-4-7(14)8(18-2)5-9(10)19-3/h4-5,11H,6,14H2,1-3H3. The first-order valence-corrected chi connectivity index (χ1v) is 6.94. The monoisotopic (exact) mass is 310 g/mol. The summed E-state index contributed by atoms with van der Waals surface area (Å²) in [5, 5.41) is 0. The summed E-state index contributed by atoms with van der Waals surface area (Å²) >= 11 is 0. The number of alkyl halides is 2. The van der Waals surface area contributed by atoms with E-state index in [0.717, 1.165) is 13.1 Å². The summed E-state index contributed by atoms with van der Waals surface area (Å²) in [6.45, 7) is -0.919. The van der Waals surface area contributed by atoms with E-state index in [1.54, 1.807) is 0 Å². The Labute approximate surface area is 116 Å². The Balaban J connectivity index is 3.34. The molecule has 0 saturated carbocycles. The van der Waals surface area contributed by atoms with Crippen LogP contribution in [-0.2, 0) is 10.0 Å². The van der Waals surface area contributed by atoms with Gasteiger partial charge >= 0.3 is 0 Å². The van der Waals surface area contributed by atoms with Crippen molar-refractivity contribution >= 4 is 15.7 Å². The first-order valence-electron chi connectivity index (χ1n) is 5.50. The highest BCUT2D eigenvalue weighted by atomic mass is 32.2. The molecule has 0 heterocycles. The van der Waals surface area contributed by atoms with Gasteiger partial charge in [0, 0.05) is 13.1 Å². The maximum Gasteiger partial charge on any atom is 0.252 e. The van der Waals surface area contributed by atoms with E-state index in [-0.39, 0.29) is 22.1 Å². The number of nitrogens with two attached hydrogens (primary N) is 1. The normalized spacial score (nSPS) is 11.9. The van der Waals surface area contributed by atoms with Crippen LogP contribution in [0.1, 0.15) is 0 Å². The van der Waals surface area contributed by atoms with Crippen LogP contribution in [0.5, 0.6) is 11.5 Å². The van der Waals surface area contributed by atoms with Gasteiger partial charge in [-0.2, -0.15) is 4.31 Å². The second kappa shape index (κ2) is 6.23. The summed E-state index contributed by atoms with van der Waals surface area (Å²) in [4.78, 5) is -0.290. The van der Waals surface area contributed by atoms with E-state index in [4.69, 9.17) is 15.2 Å². The van der Waals surface area contributed by atoms with Gasteiger partial charge in [-0.1, -0.05) is 0 Å². The maximum absolute atomic E-state index is 12.3. The van der Waals surface area contributed by atoms with Gasteiger partial charge in [0.1, 0.15) is 16.4 Å². The third kappa shape index (κ3) is 3.28. The number of rotatable bonds is 6. The van der Waals surface area contributed by atoms with Crippen LogP contribution in [0.25, 0.3) is 0 Å². The highest BCUT2D eigenvalue weighted by molar-refractivity contribution is 7.89. The molecular weight excluding hydrogens is 294 g/mol. The van der Waals surface area contributed by atoms with Gasteiger partial charge in [0.2, 0.25) is 10.0 Å².